The molecule has 1 fully saturated rings. The van der Waals surface area contributed by atoms with Gasteiger partial charge in [-0.2, -0.15) is 0 Å². The van der Waals surface area contributed by atoms with E-state index in [0.717, 1.165) is 31.5 Å². The van der Waals surface area contributed by atoms with Crippen LogP contribution in [0.25, 0.3) is 11.5 Å². The topological polar surface area (TPSA) is 59.2 Å². The number of carbonyl (C=O) groups excluding carboxylic acids is 1. The smallest absolute Gasteiger partial charge is 0.277 e. The highest BCUT2D eigenvalue weighted by Crippen LogP contribution is 2.25. The van der Waals surface area contributed by atoms with E-state index in [1.54, 1.807) is 12.1 Å². The lowest BCUT2D eigenvalue weighted by atomic mass is 10.1. The largest absolute Gasteiger partial charge is 0.411 e. The van der Waals surface area contributed by atoms with Gasteiger partial charge in [-0.25, -0.2) is 0 Å². The zero-order chi connectivity index (χ0) is 15.4. The van der Waals surface area contributed by atoms with E-state index in [1.807, 2.05) is 17.0 Å². The molecule has 2 heterocycles. The quantitative estimate of drug-likeness (QED) is 0.799. The van der Waals surface area contributed by atoms with Crippen molar-refractivity contribution in [3.63, 3.8) is 0 Å². The van der Waals surface area contributed by atoms with Gasteiger partial charge in [0, 0.05) is 23.7 Å². The van der Waals surface area contributed by atoms with E-state index in [9.17, 15) is 4.79 Å². The molecule has 5 nitrogen and oxygen atoms in total. The van der Waals surface area contributed by atoms with Crippen LogP contribution in [0, 0.1) is 0 Å². The molecule has 3 rings (SSSR count). The molecule has 1 aromatic carbocycles. The van der Waals surface area contributed by atoms with Gasteiger partial charge in [0.2, 0.25) is 11.8 Å². The van der Waals surface area contributed by atoms with Crippen molar-refractivity contribution in [2.45, 2.75) is 24.5 Å². The summed E-state index contributed by atoms with van der Waals surface area (Å²) in [5.41, 5.74) is 0.772. The molecule has 0 radical (unpaired) electrons. The van der Waals surface area contributed by atoms with Crippen LogP contribution >= 0.6 is 23.4 Å². The zero-order valence-electron chi connectivity index (χ0n) is 12.0. The van der Waals surface area contributed by atoms with E-state index in [0.29, 0.717) is 21.9 Å². The van der Waals surface area contributed by atoms with Crippen molar-refractivity contribution < 1.29 is 9.21 Å². The number of thioether (sulfide) groups is 1. The first-order valence-corrected chi connectivity index (χ1v) is 8.59. The first-order chi connectivity index (χ1) is 10.7. The molecule has 1 amide bonds. The standard InChI is InChI=1S/C15H16ClN3O2S/c16-12-6-4-5-11(9-12)14-17-18-15(21-14)22-10-13(20)19-7-2-1-3-8-19/h4-6,9H,1-3,7-8,10H2. The van der Waals surface area contributed by atoms with Gasteiger partial charge in [0.1, 0.15) is 0 Å². The van der Waals surface area contributed by atoms with Crippen molar-refractivity contribution in [2.24, 2.45) is 0 Å². The predicted molar refractivity (Wildman–Crippen MR) is 85.9 cm³/mol. The molecule has 1 saturated heterocycles. The van der Waals surface area contributed by atoms with Crippen molar-refractivity contribution >= 4 is 29.3 Å². The average Bonchev–Trinajstić information content (AvgIpc) is 3.02. The molecular weight excluding hydrogens is 322 g/mol. The highest BCUT2D eigenvalue weighted by molar-refractivity contribution is 7.99. The lowest BCUT2D eigenvalue weighted by molar-refractivity contribution is -0.129. The summed E-state index contributed by atoms with van der Waals surface area (Å²) >= 11 is 7.22. The Morgan fingerprint density at radius 2 is 2.09 bits per heavy atom. The Kier molecular flexibility index (Phi) is 5.00. The summed E-state index contributed by atoms with van der Waals surface area (Å²) < 4.78 is 5.57. The van der Waals surface area contributed by atoms with Crippen LogP contribution in [0.5, 0.6) is 0 Å². The fourth-order valence-electron chi connectivity index (χ4n) is 2.36. The van der Waals surface area contributed by atoms with Gasteiger partial charge in [0.15, 0.2) is 0 Å². The number of benzene rings is 1. The van der Waals surface area contributed by atoms with Crippen LogP contribution in [0.1, 0.15) is 19.3 Å². The average molecular weight is 338 g/mol. The number of halogens is 1. The Morgan fingerprint density at radius 3 is 2.86 bits per heavy atom. The van der Waals surface area contributed by atoms with Crippen molar-refractivity contribution in [3.8, 4) is 11.5 Å². The van der Waals surface area contributed by atoms with Crippen molar-refractivity contribution in [1.82, 2.24) is 15.1 Å². The number of hydrogen-bond acceptors (Lipinski definition) is 5. The van der Waals surface area contributed by atoms with Gasteiger partial charge in [-0.15, -0.1) is 10.2 Å². The predicted octanol–water partition coefficient (Wildman–Crippen LogP) is 3.49. The number of aromatic nitrogens is 2. The van der Waals surface area contributed by atoms with Gasteiger partial charge >= 0.3 is 0 Å². The van der Waals surface area contributed by atoms with Crippen LogP contribution in [0.3, 0.4) is 0 Å². The maximum atomic E-state index is 12.1. The second-order valence-corrected chi connectivity index (χ2v) is 6.48. The molecule has 0 N–H and O–H groups in total. The van der Waals surface area contributed by atoms with Gasteiger partial charge in [0.05, 0.1) is 5.75 Å². The Bertz CT molecular complexity index is 656. The van der Waals surface area contributed by atoms with E-state index in [1.165, 1.54) is 18.2 Å². The van der Waals surface area contributed by atoms with Gasteiger partial charge in [-0.05, 0) is 37.5 Å². The number of carbonyl (C=O) groups is 1. The molecule has 0 bridgehead atoms. The van der Waals surface area contributed by atoms with E-state index < -0.39 is 0 Å². The number of rotatable bonds is 4. The molecule has 0 unspecified atom stereocenters. The second-order valence-electron chi connectivity index (χ2n) is 5.11. The third kappa shape index (κ3) is 3.81. The Hall–Kier alpha value is -1.53. The number of likely N-dealkylation sites (tertiary alicyclic amines) is 1. The SMILES string of the molecule is O=C(CSc1nnc(-c2cccc(Cl)c2)o1)N1CCCCC1. The first-order valence-electron chi connectivity index (χ1n) is 7.22. The monoisotopic (exact) mass is 337 g/mol. The lowest BCUT2D eigenvalue weighted by Gasteiger charge is -2.26. The number of amides is 1. The molecule has 0 spiro atoms. The molecule has 1 aliphatic rings. The van der Waals surface area contributed by atoms with Crippen LogP contribution in [-0.2, 0) is 4.79 Å². The minimum Gasteiger partial charge on any atom is -0.411 e. The number of piperidine rings is 1. The summed E-state index contributed by atoms with van der Waals surface area (Å²) in [4.78, 5) is 14.0. The third-order valence-electron chi connectivity index (χ3n) is 3.51. The molecule has 1 aromatic heterocycles. The third-order valence-corrected chi connectivity index (χ3v) is 4.54. The molecular formula is C15H16ClN3O2S. The molecule has 116 valence electrons. The summed E-state index contributed by atoms with van der Waals surface area (Å²) in [6, 6.07) is 7.23. The second kappa shape index (κ2) is 7.15. The van der Waals surface area contributed by atoms with Gasteiger partial charge in [0.25, 0.3) is 5.22 Å². The fraction of sp³-hybridized carbons (Fsp3) is 0.400. The molecule has 7 heteroatoms. The summed E-state index contributed by atoms with van der Waals surface area (Å²) in [5, 5.41) is 8.99. The highest BCUT2D eigenvalue weighted by Gasteiger charge is 2.18. The van der Waals surface area contributed by atoms with Crippen molar-refractivity contribution in [2.75, 3.05) is 18.8 Å². The summed E-state index contributed by atoms with van der Waals surface area (Å²) in [6.07, 6.45) is 3.40. The molecule has 0 atom stereocenters. The van der Waals surface area contributed by atoms with Crippen LogP contribution in [-0.4, -0.2) is 39.8 Å². The first kappa shape index (κ1) is 15.4. The van der Waals surface area contributed by atoms with E-state index in [4.69, 9.17) is 16.0 Å². The van der Waals surface area contributed by atoms with Gasteiger partial charge in [-0.3, -0.25) is 4.79 Å². The van der Waals surface area contributed by atoms with Crippen molar-refractivity contribution in [3.05, 3.63) is 29.3 Å². The Morgan fingerprint density at radius 1 is 1.27 bits per heavy atom. The van der Waals surface area contributed by atoms with E-state index in [-0.39, 0.29) is 5.91 Å². The normalized spacial score (nSPS) is 15.0. The maximum absolute atomic E-state index is 12.1. The molecule has 2 aromatic rings. The van der Waals surface area contributed by atoms with E-state index in [2.05, 4.69) is 10.2 Å². The number of hydrogen-bond donors (Lipinski definition) is 0. The summed E-state index contributed by atoms with van der Waals surface area (Å²) in [6.45, 7) is 1.72. The van der Waals surface area contributed by atoms with Crippen LogP contribution in [0.2, 0.25) is 5.02 Å². The Balaban J connectivity index is 1.59. The fourth-order valence-corrected chi connectivity index (χ4v) is 3.22. The number of nitrogens with zero attached hydrogens (tertiary/aromatic N) is 3. The molecule has 1 aliphatic heterocycles. The van der Waals surface area contributed by atoms with Crippen LogP contribution in [0.4, 0.5) is 0 Å². The zero-order valence-corrected chi connectivity index (χ0v) is 13.6. The molecule has 0 saturated carbocycles. The Labute approximate surface area is 138 Å². The summed E-state index contributed by atoms with van der Waals surface area (Å²) in [7, 11) is 0. The highest BCUT2D eigenvalue weighted by atomic mass is 35.5. The minimum atomic E-state index is 0.132. The van der Waals surface area contributed by atoms with Crippen LogP contribution in [0.15, 0.2) is 33.9 Å². The van der Waals surface area contributed by atoms with Crippen LogP contribution < -0.4 is 0 Å². The maximum Gasteiger partial charge on any atom is 0.277 e. The minimum absolute atomic E-state index is 0.132. The molecule has 22 heavy (non-hydrogen) atoms. The lowest BCUT2D eigenvalue weighted by Crippen LogP contribution is -2.36. The van der Waals surface area contributed by atoms with Gasteiger partial charge in [-0.1, -0.05) is 29.4 Å². The summed E-state index contributed by atoms with van der Waals surface area (Å²) in [5.74, 6) is 0.875. The van der Waals surface area contributed by atoms with E-state index >= 15 is 0 Å². The van der Waals surface area contributed by atoms with Crippen molar-refractivity contribution in [1.29, 1.82) is 0 Å². The molecule has 0 aliphatic carbocycles. The van der Waals surface area contributed by atoms with Gasteiger partial charge < -0.3 is 9.32 Å².